The molecule has 164 valence electrons. The first kappa shape index (κ1) is 20.7. The highest BCUT2D eigenvalue weighted by molar-refractivity contribution is 7.18. The first-order valence-corrected chi connectivity index (χ1v) is 9.51. The van der Waals surface area contributed by atoms with Crippen molar-refractivity contribution in [2.45, 2.75) is 6.18 Å². The van der Waals surface area contributed by atoms with Crippen LogP contribution in [0.2, 0.25) is 0 Å². The van der Waals surface area contributed by atoms with Crippen LogP contribution in [0.3, 0.4) is 0 Å². The number of hydrogen-bond acceptors (Lipinski definition) is 8. The van der Waals surface area contributed by atoms with E-state index >= 15 is 0 Å². The second-order valence-corrected chi connectivity index (χ2v) is 7.13. The summed E-state index contributed by atoms with van der Waals surface area (Å²) in [7, 11) is 2.95. The maximum Gasteiger partial charge on any atom is 0.405 e. The Labute approximate surface area is 176 Å². The molecule has 0 aliphatic carbocycles. The third-order valence-corrected chi connectivity index (χ3v) is 4.94. The van der Waals surface area contributed by atoms with E-state index in [2.05, 4.69) is 15.2 Å². The Kier molecular flexibility index (Phi) is 5.31. The first-order valence-electron chi connectivity index (χ1n) is 8.70. The number of fused-ring (bicyclic) bond motifs is 2. The second kappa shape index (κ2) is 7.94. The van der Waals surface area contributed by atoms with Crippen molar-refractivity contribution in [1.82, 2.24) is 29.5 Å². The summed E-state index contributed by atoms with van der Waals surface area (Å²) in [6.45, 7) is -2.04. The number of pyridine rings is 1. The molecule has 0 radical (unpaired) electrons. The lowest BCUT2D eigenvalue weighted by Crippen LogP contribution is -2.36. The number of ether oxygens (including phenoxy) is 3. The van der Waals surface area contributed by atoms with Gasteiger partial charge >= 0.3 is 6.18 Å². The average molecular weight is 456 g/mol. The van der Waals surface area contributed by atoms with Crippen molar-refractivity contribution in [2.24, 2.45) is 0 Å². The van der Waals surface area contributed by atoms with E-state index in [0.29, 0.717) is 32.8 Å². The molecule has 1 amide bonds. The SMILES string of the molecule is COc1cc(OCC(=O)NCC(F)(F)F)c2cc(-c3cn4nc(OC)sc4n3)nn2c1. The highest BCUT2D eigenvalue weighted by Gasteiger charge is 2.27. The summed E-state index contributed by atoms with van der Waals surface area (Å²) in [5, 5.41) is 10.9. The Balaban J connectivity index is 1.60. The van der Waals surface area contributed by atoms with Crippen molar-refractivity contribution in [2.75, 3.05) is 27.4 Å². The van der Waals surface area contributed by atoms with Crippen molar-refractivity contribution < 1.29 is 32.2 Å². The van der Waals surface area contributed by atoms with Crippen LogP contribution in [0.25, 0.3) is 21.9 Å². The van der Waals surface area contributed by atoms with Crippen LogP contribution in [0.1, 0.15) is 0 Å². The molecule has 4 aromatic heterocycles. The van der Waals surface area contributed by atoms with Gasteiger partial charge in [-0.05, 0) is 17.4 Å². The normalized spacial score (nSPS) is 11.8. The number of amides is 1. The number of carbonyl (C=O) groups excluding carboxylic acids is 1. The lowest BCUT2D eigenvalue weighted by Gasteiger charge is -2.11. The fourth-order valence-corrected chi connectivity index (χ4v) is 3.37. The molecule has 4 rings (SSSR count). The van der Waals surface area contributed by atoms with Gasteiger partial charge in [-0.25, -0.2) is 14.0 Å². The molecule has 0 aliphatic heterocycles. The van der Waals surface area contributed by atoms with Gasteiger partial charge < -0.3 is 19.5 Å². The lowest BCUT2D eigenvalue weighted by atomic mass is 10.3. The number of nitrogens with zero attached hydrogens (tertiary/aromatic N) is 5. The topological polar surface area (TPSA) is 104 Å². The van der Waals surface area contributed by atoms with Gasteiger partial charge in [0, 0.05) is 6.07 Å². The smallest absolute Gasteiger partial charge is 0.405 e. The molecular formula is C17H15F3N6O4S. The molecule has 4 aromatic rings. The summed E-state index contributed by atoms with van der Waals surface area (Å²) < 4.78 is 55.5. The number of halogens is 3. The van der Waals surface area contributed by atoms with E-state index in [-0.39, 0.29) is 5.75 Å². The first-order chi connectivity index (χ1) is 14.8. The second-order valence-electron chi connectivity index (χ2n) is 6.21. The average Bonchev–Trinajstić information content (AvgIpc) is 3.41. The Morgan fingerprint density at radius 3 is 2.61 bits per heavy atom. The van der Waals surface area contributed by atoms with E-state index in [9.17, 15) is 18.0 Å². The molecule has 14 heteroatoms. The molecule has 0 unspecified atom stereocenters. The molecule has 0 saturated carbocycles. The molecule has 1 N–H and O–H groups in total. The van der Waals surface area contributed by atoms with Crippen LogP contribution in [-0.2, 0) is 4.79 Å². The molecule has 31 heavy (non-hydrogen) atoms. The molecule has 0 aliphatic rings. The van der Waals surface area contributed by atoms with E-state index in [1.165, 1.54) is 36.1 Å². The summed E-state index contributed by atoms with van der Waals surface area (Å²) in [6, 6.07) is 3.18. The number of rotatable bonds is 7. The van der Waals surface area contributed by atoms with Gasteiger partial charge in [-0.15, -0.1) is 5.10 Å². The minimum absolute atomic E-state index is 0.209. The fraction of sp³-hybridized carbons (Fsp3) is 0.294. The Morgan fingerprint density at radius 2 is 1.94 bits per heavy atom. The summed E-state index contributed by atoms with van der Waals surface area (Å²) >= 11 is 1.26. The fourth-order valence-electron chi connectivity index (χ4n) is 2.67. The third-order valence-electron chi connectivity index (χ3n) is 4.05. The Morgan fingerprint density at radius 1 is 1.13 bits per heavy atom. The zero-order valence-corrected chi connectivity index (χ0v) is 17.0. The van der Waals surface area contributed by atoms with Crippen LogP contribution in [0.4, 0.5) is 13.2 Å². The zero-order valence-electron chi connectivity index (χ0n) is 16.1. The van der Waals surface area contributed by atoms with Gasteiger partial charge in [0.25, 0.3) is 11.1 Å². The molecule has 0 bridgehead atoms. The minimum Gasteiger partial charge on any atom is -0.495 e. The molecule has 0 saturated heterocycles. The maximum atomic E-state index is 12.2. The van der Waals surface area contributed by atoms with Crippen molar-refractivity contribution >= 4 is 27.7 Å². The number of hydrogen-bond donors (Lipinski definition) is 1. The van der Waals surface area contributed by atoms with E-state index in [1.807, 2.05) is 0 Å². The van der Waals surface area contributed by atoms with Crippen LogP contribution in [0.15, 0.2) is 24.5 Å². The van der Waals surface area contributed by atoms with Gasteiger partial charge in [0.1, 0.15) is 34.9 Å². The van der Waals surface area contributed by atoms with Gasteiger partial charge in [0.15, 0.2) is 6.61 Å². The quantitative estimate of drug-likeness (QED) is 0.455. The Bertz CT molecular complexity index is 1220. The largest absolute Gasteiger partial charge is 0.495 e. The molecule has 0 fully saturated rings. The van der Waals surface area contributed by atoms with E-state index < -0.39 is 25.2 Å². The highest BCUT2D eigenvalue weighted by atomic mass is 32.1. The molecule has 0 spiro atoms. The molecule has 10 nitrogen and oxygen atoms in total. The highest BCUT2D eigenvalue weighted by Crippen LogP contribution is 2.30. The van der Waals surface area contributed by atoms with Crippen molar-refractivity contribution in [3.8, 4) is 28.1 Å². The molecule has 0 atom stereocenters. The van der Waals surface area contributed by atoms with Crippen LogP contribution in [0.5, 0.6) is 16.7 Å². The Hall–Kier alpha value is -3.55. The minimum atomic E-state index is -4.50. The van der Waals surface area contributed by atoms with E-state index in [4.69, 9.17) is 14.2 Å². The van der Waals surface area contributed by atoms with Gasteiger partial charge in [0.05, 0.1) is 26.6 Å². The number of imidazole rings is 1. The third kappa shape index (κ3) is 4.47. The van der Waals surface area contributed by atoms with E-state index in [1.54, 1.807) is 28.3 Å². The number of aromatic nitrogens is 5. The van der Waals surface area contributed by atoms with Gasteiger partial charge in [-0.2, -0.15) is 18.3 Å². The predicted octanol–water partition coefficient (Wildman–Crippen LogP) is 2.18. The number of nitrogens with one attached hydrogen (secondary N) is 1. The number of alkyl halides is 3. The summed E-state index contributed by atoms with van der Waals surface area (Å²) in [5.41, 5.74) is 1.51. The van der Waals surface area contributed by atoms with Crippen molar-refractivity contribution in [1.29, 1.82) is 0 Å². The molecule has 0 aromatic carbocycles. The van der Waals surface area contributed by atoms with Crippen molar-refractivity contribution in [3.05, 3.63) is 24.5 Å². The monoisotopic (exact) mass is 456 g/mol. The van der Waals surface area contributed by atoms with Crippen LogP contribution in [0, 0.1) is 0 Å². The van der Waals surface area contributed by atoms with E-state index in [0.717, 1.165) is 0 Å². The number of carbonyl (C=O) groups is 1. The van der Waals surface area contributed by atoms with Gasteiger partial charge in [0.2, 0.25) is 4.96 Å². The van der Waals surface area contributed by atoms with Crippen LogP contribution in [-0.4, -0.2) is 63.7 Å². The zero-order chi connectivity index (χ0) is 22.2. The molecule has 4 heterocycles. The van der Waals surface area contributed by atoms with Gasteiger partial charge in [-0.1, -0.05) is 0 Å². The molecular weight excluding hydrogens is 441 g/mol. The van der Waals surface area contributed by atoms with Gasteiger partial charge in [-0.3, -0.25) is 4.79 Å². The maximum absolute atomic E-state index is 12.2. The number of methoxy groups -OCH3 is 2. The standard InChI is InChI=1S/C17H15F3N6O4S/c1-28-9-3-13(30-7-14(27)21-8-17(18,19)20)12-4-10(23-25(12)5-9)11-6-26-15(22-11)31-16(24-26)29-2/h3-6H,7-8H2,1-2H3,(H,21,27). The van der Waals surface area contributed by atoms with Crippen LogP contribution >= 0.6 is 11.3 Å². The summed E-state index contributed by atoms with van der Waals surface area (Å²) in [6.07, 6.45) is -1.23. The summed E-state index contributed by atoms with van der Waals surface area (Å²) in [4.78, 5) is 16.8. The lowest BCUT2D eigenvalue weighted by molar-refractivity contribution is -0.139. The summed E-state index contributed by atoms with van der Waals surface area (Å²) in [5.74, 6) is -0.321. The predicted molar refractivity (Wildman–Crippen MR) is 103 cm³/mol. The van der Waals surface area contributed by atoms with Crippen molar-refractivity contribution in [3.63, 3.8) is 0 Å². The van der Waals surface area contributed by atoms with Crippen LogP contribution < -0.4 is 19.5 Å².